The van der Waals surface area contributed by atoms with Crippen molar-refractivity contribution < 1.29 is 9.53 Å². The largest absolute Gasteiger partial charge is 0.445 e. The lowest BCUT2D eigenvalue weighted by molar-refractivity contribution is -0.0339. The van der Waals surface area contributed by atoms with E-state index in [0.29, 0.717) is 5.92 Å². The number of carbonyl (C=O) groups excluding carboxylic acids is 1. The van der Waals surface area contributed by atoms with Gasteiger partial charge in [0, 0.05) is 22.2 Å². The molecular formula is C23H25ClN2O2S. The lowest BCUT2D eigenvalue weighted by Gasteiger charge is -2.44. The van der Waals surface area contributed by atoms with E-state index in [4.69, 9.17) is 16.3 Å². The minimum atomic E-state index is -0.273. The molecule has 0 spiro atoms. The number of amides is 1. The second kappa shape index (κ2) is 8.21. The van der Waals surface area contributed by atoms with Crippen LogP contribution in [0.2, 0.25) is 5.02 Å². The fourth-order valence-corrected chi connectivity index (χ4v) is 6.10. The molecule has 29 heavy (non-hydrogen) atoms. The summed E-state index contributed by atoms with van der Waals surface area (Å²) in [6.07, 6.45) is 2.98. The summed E-state index contributed by atoms with van der Waals surface area (Å²) in [6.45, 7) is 3.18. The molecule has 3 saturated heterocycles. The SMILES string of the molecule is O=C(NC1CCSc2cc(-c3cccc(Cl)c3)ccc21)O[C@@H]1CN2CCC1CC2. The van der Waals surface area contributed by atoms with Gasteiger partial charge < -0.3 is 10.1 Å². The Labute approximate surface area is 180 Å². The number of alkyl carbamates (subject to hydrolysis) is 1. The van der Waals surface area contributed by atoms with E-state index in [1.807, 2.05) is 30.0 Å². The fourth-order valence-electron chi connectivity index (χ4n) is 4.75. The van der Waals surface area contributed by atoms with Gasteiger partial charge in [-0.2, -0.15) is 0 Å². The number of nitrogens with one attached hydrogen (secondary N) is 1. The molecule has 2 aromatic carbocycles. The van der Waals surface area contributed by atoms with Crippen LogP contribution in [0, 0.1) is 5.92 Å². The van der Waals surface area contributed by atoms with E-state index < -0.39 is 0 Å². The molecule has 4 nitrogen and oxygen atoms in total. The summed E-state index contributed by atoms with van der Waals surface area (Å²) in [5, 5.41) is 3.87. The Morgan fingerprint density at radius 1 is 1.10 bits per heavy atom. The summed E-state index contributed by atoms with van der Waals surface area (Å²) in [7, 11) is 0. The summed E-state index contributed by atoms with van der Waals surface area (Å²) in [4.78, 5) is 16.2. The quantitative estimate of drug-likeness (QED) is 0.714. The zero-order chi connectivity index (χ0) is 19.8. The van der Waals surface area contributed by atoms with Gasteiger partial charge in [0.2, 0.25) is 0 Å². The molecule has 1 amide bonds. The van der Waals surface area contributed by atoms with Crippen molar-refractivity contribution in [2.45, 2.75) is 36.3 Å². The van der Waals surface area contributed by atoms with Crippen molar-refractivity contribution in [2.75, 3.05) is 25.4 Å². The van der Waals surface area contributed by atoms with Crippen LogP contribution in [-0.4, -0.2) is 42.5 Å². The Bertz CT molecular complexity index is 914. The van der Waals surface area contributed by atoms with Crippen LogP contribution in [0.25, 0.3) is 11.1 Å². The summed E-state index contributed by atoms with van der Waals surface area (Å²) < 4.78 is 5.84. The molecule has 2 atom stereocenters. The molecule has 4 aliphatic rings. The Kier molecular flexibility index (Phi) is 5.46. The summed E-state index contributed by atoms with van der Waals surface area (Å²) in [6, 6.07) is 14.4. The summed E-state index contributed by atoms with van der Waals surface area (Å²) >= 11 is 8.00. The Hall–Kier alpha value is -1.69. The first kappa shape index (κ1) is 19.3. The molecular weight excluding hydrogens is 404 g/mol. The van der Waals surface area contributed by atoms with Gasteiger partial charge in [0.25, 0.3) is 0 Å². The van der Waals surface area contributed by atoms with E-state index in [0.717, 1.165) is 60.8 Å². The molecule has 6 heteroatoms. The van der Waals surface area contributed by atoms with Crippen molar-refractivity contribution in [3.8, 4) is 11.1 Å². The van der Waals surface area contributed by atoms with Crippen LogP contribution in [0.1, 0.15) is 30.9 Å². The molecule has 0 aliphatic carbocycles. The highest BCUT2D eigenvalue weighted by molar-refractivity contribution is 7.99. The van der Waals surface area contributed by atoms with Crippen molar-refractivity contribution in [1.29, 1.82) is 0 Å². The second-order valence-corrected chi connectivity index (χ2v) is 9.75. The van der Waals surface area contributed by atoms with E-state index in [9.17, 15) is 4.79 Å². The number of ether oxygens (including phenoxy) is 1. The number of benzene rings is 2. The zero-order valence-corrected chi connectivity index (χ0v) is 17.8. The number of halogens is 1. The van der Waals surface area contributed by atoms with Gasteiger partial charge in [0.1, 0.15) is 6.10 Å². The van der Waals surface area contributed by atoms with Crippen LogP contribution in [-0.2, 0) is 4.74 Å². The van der Waals surface area contributed by atoms with Gasteiger partial charge >= 0.3 is 6.09 Å². The normalized spacial score (nSPS) is 27.9. The maximum absolute atomic E-state index is 12.6. The van der Waals surface area contributed by atoms with Crippen molar-refractivity contribution in [1.82, 2.24) is 10.2 Å². The van der Waals surface area contributed by atoms with Crippen LogP contribution >= 0.6 is 23.4 Å². The number of piperidine rings is 3. The van der Waals surface area contributed by atoms with Crippen LogP contribution in [0.5, 0.6) is 0 Å². The molecule has 0 radical (unpaired) electrons. The number of carbonyl (C=O) groups is 1. The maximum Gasteiger partial charge on any atom is 0.407 e. The zero-order valence-electron chi connectivity index (χ0n) is 16.3. The first-order valence-corrected chi connectivity index (χ1v) is 11.7. The molecule has 0 saturated carbocycles. The summed E-state index contributed by atoms with van der Waals surface area (Å²) in [5.74, 6) is 1.51. The number of thioether (sulfide) groups is 1. The minimum Gasteiger partial charge on any atom is -0.445 e. The number of rotatable bonds is 3. The monoisotopic (exact) mass is 428 g/mol. The molecule has 4 heterocycles. The Balaban J connectivity index is 1.28. The lowest BCUT2D eigenvalue weighted by Crippen LogP contribution is -2.52. The molecule has 1 N–H and O–H groups in total. The van der Waals surface area contributed by atoms with Gasteiger partial charge in [0.05, 0.1) is 6.04 Å². The minimum absolute atomic E-state index is 0.00763. The lowest BCUT2D eigenvalue weighted by atomic mass is 9.86. The number of hydrogen-bond acceptors (Lipinski definition) is 4. The number of hydrogen-bond donors (Lipinski definition) is 1. The highest BCUT2D eigenvalue weighted by atomic mass is 35.5. The average molecular weight is 429 g/mol. The smallest absolute Gasteiger partial charge is 0.407 e. The van der Waals surface area contributed by atoms with Crippen molar-refractivity contribution in [2.24, 2.45) is 5.92 Å². The van der Waals surface area contributed by atoms with Crippen molar-refractivity contribution in [3.63, 3.8) is 0 Å². The van der Waals surface area contributed by atoms with E-state index in [1.165, 1.54) is 10.5 Å². The van der Waals surface area contributed by atoms with E-state index in [1.54, 1.807) is 0 Å². The third-order valence-corrected chi connectivity index (χ3v) is 7.70. The molecule has 1 unspecified atom stereocenters. The Morgan fingerprint density at radius 2 is 1.93 bits per heavy atom. The van der Waals surface area contributed by atoms with Gasteiger partial charge in [-0.3, -0.25) is 4.90 Å². The third-order valence-electron chi connectivity index (χ3n) is 6.36. The molecule has 152 valence electrons. The van der Waals surface area contributed by atoms with Crippen LogP contribution in [0.15, 0.2) is 47.4 Å². The fraction of sp³-hybridized carbons (Fsp3) is 0.435. The van der Waals surface area contributed by atoms with Gasteiger partial charge in [-0.25, -0.2) is 4.79 Å². The predicted octanol–water partition coefficient (Wildman–Crippen LogP) is 5.36. The van der Waals surface area contributed by atoms with Gasteiger partial charge in [-0.05, 0) is 73.2 Å². The summed E-state index contributed by atoms with van der Waals surface area (Å²) in [5.41, 5.74) is 3.44. The topological polar surface area (TPSA) is 41.6 Å². The van der Waals surface area contributed by atoms with Gasteiger partial charge in [0.15, 0.2) is 0 Å². The van der Waals surface area contributed by atoms with E-state index in [-0.39, 0.29) is 18.2 Å². The van der Waals surface area contributed by atoms with E-state index >= 15 is 0 Å². The predicted molar refractivity (Wildman–Crippen MR) is 118 cm³/mol. The van der Waals surface area contributed by atoms with Gasteiger partial charge in [-0.1, -0.05) is 35.9 Å². The highest BCUT2D eigenvalue weighted by Crippen LogP contribution is 2.39. The van der Waals surface area contributed by atoms with Gasteiger partial charge in [-0.15, -0.1) is 11.8 Å². The van der Waals surface area contributed by atoms with E-state index in [2.05, 4.69) is 34.5 Å². The molecule has 3 fully saturated rings. The molecule has 2 aromatic rings. The third kappa shape index (κ3) is 4.14. The second-order valence-electron chi connectivity index (χ2n) is 8.18. The van der Waals surface area contributed by atoms with Crippen LogP contribution in [0.3, 0.4) is 0 Å². The van der Waals surface area contributed by atoms with Crippen LogP contribution in [0.4, 0.5) is 4.79 Å². The standard InChI is InChI=1S/C23H25ClN2O2S/c24-18-3-1-2-16(12-18)17-4-5-19-20(8-11-29-22(19)13-17)25-23(27)28-21-14-26-9-6-15(21)7-10-26/h1-5,12-13,15,20-21H,6-11,14H2,(H,25,27)/t20?,21-/m1/s1. The Morgan fingerprint density at radius 3 is 2.69 bits per heavy atom. The molecule has 6 rings (SSSR count). The highest BCUT2D eigenvalue weighted by Gasteiger charge is 2.37. The number of fused-ring (bicyclic) bond motifs is 4. The first-order chi connectivity index (χ1) is 14.2. The first-order valence-electron chi connectivity index (χ1n) is 10.4. The number of nitrogens with zero attached hydrogens (tertiary/aromatic N) is 1. The molecule has 2 bridgehead atoms. The average Bonchev–Trinajstić information content (AvgIpc) is 2.74. The van der Waals surface area contributed by atoms with Crippen molar-refractivity contribution >= 4 is 29.5 Å². The maximum atomic E-state index is 12.6. The van der Waals surface area contributed by atoms with Crippen molar-refractivity contribution in [3.05, 3.63) is 53.1 Å². The molecule has 0 aromatic heterocycles. The molecule has 4 aliphatic heterocycles. The van der Waals surface area contributed by atoms with Crippen LogP contribution < -0.4 is 5.32 Å².